The van der Waals surface area contributed by atoms with Crippen LogP contribution in [0, 0.1) is 0 Å². The molecule has 1 fully saturated rings. The summed E-state index contributed by atoms with van der Waals surface area (Å²) in [4.78, 5) is 18.3. The van der Waals surface area contributed by atoms with Crippen LogP contribution in [0.4, 0.5) is 13.2 Å². The highest BCUT2D eigenvalue weighted by Crippen LogP contribution is 2.23. The van der Waals surface area contributed by atoms with Crippen LogP contribution in [0.25, 0.3) is 0 Å². The number of pyridine rings is 1. The van der Waals surface area contributed by atoms with Crippen molar-refractivity contribution in [2.45, 2.75) is 31.8 Å². The van der Waals surface area contributed by atoms with Crippen LogP contribution >= 0.6 is 0 Å². The molecule has 1 aliphatic heterocycles. The SMILES string of the molecule is O=C(NC1CCCN(Cc2ccc(OC(F)(F)F)cc2)C1)c1ccncc1. The third-order valence-electron chi connectivity index (χ3n) is 4.35. The van der Waals surface area contributed by atoms with E-state index in [0.717, 1.165) is 24.9 Å². The average molecular weight is 379 g/mol. The molecule has 1 unspecified atom stereocenters. The van der Waals surface area contributed by atoms with E-state index in [9.17, 15) is 18.0 Å². The van der Waals surface area contributed by atoms with Crippen molar-refractivity contribution in [3.8, 4) is 5.75 Å². The molecule has 0 saturated carbocycles. The highest BCUT2D eigenvalue weighted by molar-refractivity contribution is 5.94. The minimum atomic E-state index is -4.69. The molecule has 2 heterocycles. The summed E-state index contributed by atoms with van der Waals surface area (Å²) in [5.74, 6) is -0.356. The normalized spacial score (nSPS) is 18.1. The zero-order chi connectivity index (χ0) is 19.3. The van der Waals surface area contributed by atoms with Gasteiger partial charge in [-0.25, -0.2) is 0 Å². The van der Waals surface area contributed by atoms with Crippen LogP contribution in [-0.2, 0) is 6.54 Å². The first kappa shape index (κ1) is 19.2. The Labute approximate surface area is 155 Å². The molecule has 2 aromatic rings. The number of piperidine rings is 1. The van der Waals surface area contributed by atoms with E-state index in [0.29, 0.717) is 18.7 Å². The molecule has 1 N–H and O–H groups in total. The number of aromatic nitrogens is 1. The molecule has 0 aliphatic carbocycles. The molecule has 0 spiro atoms. The van der Waals surface area contributed by atoms with Gasteiger partial charge in [0.25, 0.3) is 5.91 Å². The number of alkyl halides is 3. The lowest BCUT2D eigenvalue weighted by atomic mass is 10.0. The van der Waals surface area contributed by atoms with Gasteiger partial charge in [0.05, 0.1) is 0 Å². The maximum absolute atomic E-state index is 12.3. The molecule has 27 heavy (non-hydrogen) atoms. The van der Waals surface area contributed by atoms with Gasteiger partial charge in [0.1, 0.15) is 5.75 Å². The standard InChI is InChI=1S/C19H20F3N3O2/c20-19(21,22)27-17-5-3-14(4-6-17)12-25-11-1-2-16(13-25)24-18(26)15-7-9-23-10-8-15/h3-10,16H,1-2,11-13H2,(H,24,26). The van der Waals surface area contributed by atoms with Crippen LogP contribution in [0.2, 0.25) is 0 Å². The van der Waals surface area contributed by atoms with Gasteiger partial charge in [0.2, 0.25) is 0 Å². The van der Waals surface area contributed by atoms with E-state index >= 15 is 0 Å². The summed E-state index contributed by atoms with van der Waals surface area (Å²) in [6.45, 7) is 2.17. The zero-order valence-electron chi connectivity index (χ0n) is 14.6. The third-order valence-corrected chi connectivity index (χ3v) is 4.35. The monoisotopic (exact) mass is 379 g/mol. The van der Waals surface area contributed by atoms with Crippen LogP contribution in [0.15, 0.2) is 48.8 Å². The molecule has 1 aliphatic rings. The number of amides is 1. The second kappa shape index (κ2) is 8.39. The molecule has 144 valence electrons. The molecule has 1 amide bonds. The van der Waals surface area contributed by atoms with Crippen LogP contribution in [0.1, 0.15) is 28.8 Å². The van der Waals surface area contributed by atoms with Crippen molar-refractivity contribution in [1.82, 2.24) is 15.2 Å². The largest absolute Gasteiger partial charge is 0.573 e. The minimum Gasteiger partial charge on any atom is -0.406 e. The number of halogens is 3. The number of hydrogen-bond acceptors (Lipinski definition) is 4. The fourth-order valence-corrected chi connectivity index (χ4v) is 3.14. The fraction of sp³-hybridized carbons (Fsp3) is 0.368. The van der Waals surface area contributed by atoms with Gasteiger partial charge >= 0.3 is 6.36 Å². The lowest BCUT2D eigenvalue weighted by Crippen LogP contribution is -2.47. The number of carbonyl (C=O) groups excluding carboxylic acids is 1. The third kappa shape index (κ3) is 5.96. The van der Waals surface area contributed by atoms with E-state index in [4.69, 9.17) is 0 Å². The molecule has 5 nitrogen and oxygen atoms in total. The Morgan fingerprint density at radius 3 is 2.56 bits per heavy atom. The Morgan fingerprint density at radius 1 is 1.19 bits per heavy atom. The molecule has 0 radical (unpaired) electrons. The Bertz CT molecular complexity index is 751. The van der Waals surface area contributed by atoms with Gasteiger partial charge in [-0.1, -0.05) is 12.1 Å². The number of nitrogens with one attached hydrogen (secondary N) is 1. The predicted octanol–water partition coefficient (Wildman–Crippen LogP) is 3.37. The van der Waals surface area contributed by atoms with E-state index < -0.39 is 6.36 Å². The molecule has 1 saturated heterocycles. The van der Waals surface area contributed by atoms with Crippen molar-refractivity contribution in [3.05, 3.63) is 59.9 Å². The molecule has 1 aromatic carbocycles. The molecule has 3 rings (SSSR count). The number of benzene rings is 1. The molecular formula is C19H20F3N3O2. The maximum Gasteiger partial charge on any atom is 0.573 e. The van der Waals surface area contributed by atoms with Gasteiger partial charge in [-0.3, -0.25) is 14.7 Å². The first-order valence-electron chi connectivity index (χ1n) is 8.67. The number of ether oxygens (including phenoxy) is 1. The van der Waals surface area contributed by atoms with Crippen LogP contribution in [0.3, 0.4) is 0 Å². The second-order valence-electron chi connectivity index (χ2n) is 6.48. The Hall–Kier alpha value is -2.61. The quantitative estimate of drug-likeness (QED) is 0.866. The average Bonchev–Trinajstić information content (AvgIpc) is 2.63. The van der Waals surface area contributed by atoms with Crippen LogP contribution < -0.4 is 10.1 Å². The lowest BCUT2D eigenvalue weighted by molar-refractivity contribution is -0.274. The van der Waals surface area contributed by atoms with Crippen molar-refractivity contribution < 1.29 is 22.7 Å². The smallest absolute Gasteiger partial charge is 0.406 e. The predicted molar refractivity (Wildman–Crippen MR) is 93.1 cm³/mol. The summed E-state index contributed by atoms with van der Waals surface area (Å²) in [5, 5.41) is 3.03. The van der Waals surface area contributed by atoms with Crippen LogP contribution in [-0.4, -0.2) is 41.3 Å². The summed E-state index contributed by atoms with van der Waals surface area (Å²) in [6.07, 6.45) is 0.305. The number of hydrogen-bond donors (Lipinski definition) is 1. The minimum absolute atomic E-state index is 0.0345. The van der Waals surface area contributed by atoms with Crippen molar-refractivity contribution in [1.29, 1.82) is 0 Å². The first-order valence-corrected chi connectivity index (χ1v) is 8.67. The van der Waals surface area contributed by atoms with Gasteiger partial charge < -0.3 is 10.1 Å². The number of carbonyl (C=O) groups is 1. The first-order chi connectivity index (χ1) is 12.9. The highest BCUT2D eigenvalue weighted by atomic mass is 19.4. The molecular weight excluding hydrogens is 359 g/mol. The summed E-state index contributed by atoms with van der Waals surface area (Å²) < 4.78 is 40.5. The van der Waals surface area contributed by atoms with Gasteiger partial charge in [-0.15, -0.1) is 13.2 Å². The van der Waals surface area contributed by atoms with E-state index in [1.54, 1.807) is 36.7 Å². The van der Waals surface area contributed by atoms with Crippen LogP contribution in [0.5, 0.6) is 5.75 Å². The Balaban J connectivity index is 1.53. The summed E-state index contributed by atoms with van der Waals surface area (Å²) in [7, 11) is 0. The zero-order valence-corrected chi connectivity index (χ0v) is 14.6. The Kier molecular flexibility index (Phi) is 5.95. The van der Waals surface area contributed by atoms with Crippen molar-refractivity contribution in [3.63, 3.8) is 0 Å². The summed E-state index contributed by atoms with van der Waals surface area (Å²) >= 11 is 0. The van der Waals surface area contributed by atoms with Gasteiger partial charge in [0.15, 0.2) is 0 Å². The Morgan fingerprint density at radius 2 is 1.89 bits per heavy atom. The van der Waals surface area contributed by atoms with E-state index in [1.807, 2.05) is 0 Å². The van der Waals surface area contributed by atoms with Gasteiger partial charge in [0, 0.05) is 37.1 Å². The van der Waals surface area contributed by atoms with E-state index in [2.05, 4.69) is 19.9 Å². The fourth-order valence-electron chi connectivity index (χ4n) is 3.14. The maximum atomic E-state index is 12.3. The van der Waals surface area contributed by atoms with Crippen molar-refractivity contribution in [2.24, 2.45) is 0 Å². The molecule has 0 bridgehead atoms. The van der Waals surface area contributed by atoms with Crippen molar-refractivity contribution >= 4 is 5.91 Å². The molecule has 1 aromatic heterocycles. The topological polar surface area (TPSA) is 54.5 Å². The lowest BCUT2D eigenvalue weighted by Gasteiger charge is -2.33. The second-order valence-corrected chi connectivity index (χ2v) is 6.48. The number of likely N-dealkylation sites (tertiary alicyclic amines) is 1. The molecule has 8 heteroatoms. The molecule has 1 atom stereocenters. The van der Waals surface area contributed by atoms with E-state index in [-0.39, 0.29) is 17.7 Å². The summed E-state index contributed by atoms with van der Waals surface area (Å²) in [5.41, 5.74) is 1.47. The van der Waals surface area contributed by atoms with E-state index in [1.165, 1.54) is 12.1 Å². The van der Waals surface area contributed by atoms with Gasteiger partial charge in [-0.05, 0) is 49.2 Å². The number of rotatable bonds is 5. The highest BCUT2D eigenvalue weighted by Gasteiger charge is 2.31. The van der Waals surface area contributed by atoms with Gasteiger partial charge in [-0.2, -0.15) is 0 Å². The van der Waals surface area contributed by atoms with Crippen molar-refractivity contribution in [2.75, 3.05) is 13.1 Å². The summed E-state index contributed by atoms with van der Waals surface area (Å²) in [6, 6.07) is 9.25. The number of nitrogens with zero attached hydrogens (tertiary/aromatic N) is 2.